The number of hydrogen-bond donors (Lipinski definition) is 2. The Morgan fingerprint density at radius 2 is 1.88 bits per heavy atom. The molecule has 1 aromatic heterocycles. The van der Waals surface area contributed by atoms with E-state index in [4.69, 9.17) is 23.2 Å². The van der Waals surface area contributed by atoms with Gasteiger partial charge in [0.15, 0.2) is 5.96 Å². The normalized spacial score (nSPS) is 10.9. The lowest BCUT2D eigenvalue weighted by Crippen LogP contribution is -2.38. The van der Waals surface area contributed by atoms with Crippen molar-refractivity contribution in [3.05, 3.63) is 63.9 Å². The first-order chi connectivity index (χ1) is 11.7. The van der Waals surface area contributed by atoms with Gasteiger partial charge in [-0.2, -0.15) is 0 Å². The minimum atomic E-state index is 0. The molecule has 0 fully saturated rings. The van der Waals surface area contributed by atoms with Gasteiger partial charge in [-0.15, -0.1) is 24.0 Å². The molecule has 0 saturated carbocycles. The Kier molecular flexibility index (Phi) is 10.8. The minimum Gasteiger partial charge on any atom is -0.357 e. The van der Waals surface area contributed by atoms with E-state index in [0.717, 1.165) is 48.0 Å². The maximum atomic E-state index is 6.17. The van der Waals surface area contributed by atoms with Gasteiger partial charge in [-0.3, -0.25) is 4.99 Å². The molecule has 2 aromatic rings. The Morgan fingerprint density at radius 1 is 1.08 bits per heavy atom. The Labute approximate surface area is 176 Å². The van der Waals surface area contributed by atoms with Crippen LogP contribution in [0.3, 0.4) is 0 Å². The molecule has 1 heterocycles. The molecule has 0 spiro atoms. The maximum Gasteiger partial charge on any atom is 0.191 e. The number of aromatic nitrogens is 1. The Balaban J connectivity index is 0.00000312. The van der Waals surface area contributed by atoms with Crippen LogP contribution in [0.2, 0.25) is 10.2 Å². The van der Waals surface area contributed by atoms with Gasteiger partial charge in [0.25, 0.3) is 0 Å². The van der Waals surface area contributed by atoms with Crippen molar-refractivity contribution in [2.45, 2.75) is 19.8 Å². The van der Waals surface area contributed by atoms with Crippen molar-refractivity contribution in [3.8, 4) is 0 Å². The highest BCUT2D eigenvalue weighted by molar-refractivity contribution is 14.0. The predicted octanol–water partition coefficient (Wildman–Crippen LogP) is 4.35. The summed E-state index contributed by atoms with van der Waals surface area (Å²) in [6.07, 6.45) is 3.47. The third-order valence-electron chi connectivity index (χ3n) is 3.45. The summed E-state index contributed by atoms with van der Waals surface area (Å²) in [7, 11) is 0. The number of guanidine groups is 1. The first-order valence-corrected chi connectivity index (χ1v) is 8.80. The van der Waals surface area contributed by atoms with E-state index in [9.17, 15) is 0 Å². The summed E-state index contributed by atoms with van der Waals surface area (Å²) < 4.78 is 0. The van der Waals surface area contributed by atoms with Crippen LogP contribution in [-0.4, -0.2) is 30.6 Å². The molecule has 4 nitrogen and oxygen atoms in total. The van der Waals surface area contributed by atoms with E-state index in [-0.39, 0.29) is 24.0 Å². The average Bonchev–Trinajstić information content (AvgIpc) is 2.58. The van der Waals surface area contributed by atoms with Crippen LogP contribution >= 0.6 is 47.2 Å². The molecule has 0 radical (unpaired) electrons. The first kappa shape index (κ1) is 22.0. The average molecular weight is 493 g/mol. The zero-order valence-corrected chi connectivity index (χ0v) is 18.0. The number of pyridine rings is 1. The van der Waals surface area contributed by atoms with Crippen molar-refractivity contribution in [1.82, 2.24) is 15.6 Å². The summed E-state index contributed by atoms with van der Waals surface area (Å²) in [5.74, 6) is 0.812. The van der Waals surface area contributed by atoms with Gasteiger partial charge in [0, 0.05) is 30.9 Å². The molecule has 1 aromatic carbocycles. The number of nitrogens with one attached hydrogen (secondary N) is 2. The van der Waals surface area contributed by atoms with Crippen LogP contribution in [0.5, 0.6) is 0 Å². The summed E-state index contributed by atoms with van der Waals surface area (Å²) in [6.45, 7) is 4.33. The lowest BCUT2D eigenvalue weighted by molar-refractivity contribution is 0.795. The van der Waals surface area contributed by atoms with Crippen LogP contribution in [-0.2, 0) is 12.8 Å². The summed E-state index contributed by atoms with van der Waals surface area (Å²) in [5.41, 5.74) is 2.25. The fraction of sp³-hybridized carbons (Fsp3) is 0.333. The second kappa shape index (κ2) is 12.3. The molecule has 7 heteroatoms. The van der Waals surface area contributed by atoms with E-state index in [1.807, 2.05) is 37.3 Å². The van der Waals surface area contributed by atoms with Gasteiger partial charge in [0.2, 0.25) is 0 Å². The van der Waals surface area contributed by atoms with E-state index in [2.05, 4.69) is 20.6 Å². The van der Waals surface area contributed by atoms with E-state index in [1.54, 1.807) is 12.3 Å². The maximum absolute atomic E-state index is 6.17. The monoisotopic (exact) mass is 492 g/mol. The lowest BCUT2D eigenvalue weighted by atomic mass is 10.1. The van der Waals surface area contributed by atoms with Crippen LogP contribution in [0.25, 0.3) is 0 Å². The second-order valence-corrected chi connectivity index (χ2v) is 6.06. The summed E-state index contributed by atoms with van der Waals surface area (Å²) >= 11 is 12.0. The van der Waals surface area contributed by atoms with Crippen molar-refractivity contribution >= 4 is 53.1 Å². The number of aliphatic imine (C=N–C) groups is 1. The lowest BCUT2D eigenvalue weighted by Gasteiger charge is -2.11. The van der Waals surface area contributed by atoms with Crippen molar-refractivity contribution in [1.29, 1.82) is 0 Å². The number of halogens is 3. The molecule has 2 N–H and O–H groups in total. The molecule has 2 rings (SSSR count). The van der Waals surface area contributed by atoms with Crippen LogP contribution in [0.4, 0.5) is 0 Å². The SMILES string of the molecule is CCNC(=NCCc1ccccc1Cl)NCCc1ccc(Cl)nc1.I. The number of hydrogen-bond acceptors (Lipinski definition) is 2. The highest BCUT2D eigenvalue weighted by Gasteiger charge is 2.01. The minimum absolute atomic E-state index is 0. The Bertz CT molecular complexity index is 662. The molecule has 25 heavy (non-hydrogen) atoms. The zero-order valence-electron chi connectivity index (χ0n) is 14.1. The van der Waals surface area contributed by atoms with Gasteiger partial charge >= 0.3 is 0 Å². The summed E-state index contributed by atoms with van der Waals surface area (Å²) in [6, 6.07) is 11.7. The largest absolute Gasteiger partial charge is 0.357 e. The van der Waals surface area contributed by atoms with Crippen molar-refractivity contribution in [2.75, 3.05) is 19.6 Å². The molecule has 0 unspecified atom stereocenters. The Hall–Kier alpha value is -1.05. The molecule has 0 bridgehead atoms. The highest BCUT2D eigenvalue weighted by Crippen LogP contribution is 2.15. The zero-order chi connectivity index (χ0) is 17.2. The third-order valence-corrected chi connectivity index (χ3v) is 4.04. The Morgan fingerprint density at radius 3 is 2.56 bits per heavy atom. The summed E-state index contributed by atoms with van der Waals surface area (Å²) in [5, 5.41) is 7.89. The molecular formula is C18H23Cl2IN4. The van der Waals surface area contributed by atoms with Crippen molar-refractivity contribution in [2.24, 2.45) is 4.99 Å². The van der Waals surface area contributed by atoms with Gasteiger partial charge in [-0.05, 0) is 43.0 Å². The molecule has 0 saturated heterocycles. The van der Waals surface area contributed by atoms with Crippen LogP contribution in [0.15, 0.2) is 47.6 Å². The van der Waals surface area contributed by atoms with Gasteiger partial charge in [-0.25, -0.2) is 4.98 Å². The first-order valence-electron chi connectivity index (χ1n) is 8.05. The topological polar surface area (TPSA) is 49.3 Å². The van der Waals surface area contributed by atoms with Crippen LogP contribution in [0, 0.1) is 0 Å². The standard InChI is InChI=1S/C18H22Cl2N4.HI/c1-2-21-18(22-11-9-14-7-8-17(20)24-13-14)23-12-10-15-5-3-4-6-16(15)19;/h3-8,13H,2,9-12H2,1H3,(H2,21,22,23);1H. The van der Waals surface area contributed by atoms with E-state index < -0.39 is 0 Å². The van der Waals surface area contributed by atoms with Crippen LogP contribution < -0.4 is 10.6 Å². The van der Waals surface area contributed by atoms with Gasteiger partial charge < -0.3 is 10.6 Å². The second-order valence-electron chi connectivity index (χ2n) is 5.27. The van der Waals surface area contributed by atoms with E-state index in [0.29, 0.717) is 11.7 Å². The molecule has 0 aliphatic heterocycles. The van der Waals surface area contributed by atoms with Crippen molar-refractivity contribution in [3.63, 3.8) is 0 Å². The molecular weight excluding hydrogens is 470 g/mol. The smallest absolute Gasteiger partial charge is 0.191 e. The van der Waals surface area contributed by atoms with Gasteiger partial charge in [-0.1, -0.05) is 47.5 Å². The summed E-state index contributed by atoms with van der Waals surface area (Å²) in [4.78, 5) is 8.68. The highest BCUT2D eigenvalue weighted by atomic mass is 127. The van der Waals surface area contributed by atoms with Gasteiger partial charge in [0.05, 0.1) is 0 Å². The fourth-order valence-corrected chi connectivity index (χ4v) is 2.55. The molecule has 0 amide bonds. The third kappa shape index (κ3) is 8.25. The predicted molar refractivity (Wildman–Crippen MR) is 118 cm³/mol. The van der Waals surface area contributed by atoms with Crippen LogP contribution in [0.1, 0.15) is 18.1 Å². The quantitative estimate of drug-likeness (QED) is 0.261. The molecule has 0 aliphatic carbocycles. The molecule has 0 aliphatic rings. The molecule has 136 valence electrons. The van der Waals surface area contributed by atoms with E-state index in [1.165, 1.54) is 0 Å². The molecule has 0 atom stereocenters. The number of benzene rings is 1. The fourth-order valence-electron chi connectivity index (χ4n) is 2.21. The van der Waals surface area contributed by atoms with E-state index >= 15 is 0 Å². The number of nitrogens with zero attached hydrogens (tertiary/aromatic N) is 2. The van der Waals surface area contributed by atoms with Crippen molar-refractivity contribution < 1.29 is 0 Å². The van der Waals surface area contributed by atoms with Gasteiger partial charge in [0.1, 0.15) is 5.15 Å². The number of rotatable bonds is 7.